The van der Waals surface area contributed by atoms with Crippen LogP contribution in [-0.2, 0) is 57.5 Å². The standard InChI is InChI=1S/C44H79N13O15S/c1-19(2)15-27(38(65)56-32(20(3)4)41(68)51-26(44(71)72)11-9-10-14-45)52-40(67)29(18-73)54-43(70)34(23(8)59)57-35(62)22(7)49-39(66)28(17-58)53-42(69)33(21(5)6)55-37(64)25(12-13-30(47)60)50-36(63)24(46)16-31(48)61/h19-29,32-34,58-59,73H,9-18,45-46H2,1-8H3,(H2,47,60)(H2,48,61)(H,49,66)(H,50,63)(H,51,68)(H,52,67)(H,53,69)(H,54,70)(H,55,64)(H,56,65)(H,57,62)(H,71,72)/t22-,23+,24-,25-,26-,27-,28-,29-,32-,33-,34-/m0/s1. The van der Waals surface area contributed by atoms with Gasteiger partial charge in [-0.2, -0.15) is 12.6 Å². The highest BCUT2D eigenvalue weighted by Crippen LogP contribution is 2.11. The van der Waals surface area contributed by atoms with Crippen LogP contribution in [-0.4, -0.2) is 172 Å². The van der Waals surface area contributed by atoms with E-state index in [2.05, 4.69) is 60.5 Å². The Labute approximate surface area is 429 Å². The molecule has 11 amide bonds. The highest BCUT2D eigenvalue weighted by atomic mass is 32.1. The van der Waals surface area contributed by atoms with Crippen LogP contribution in [0.3, 0.4) is 0 Å². The van der Waals surface area contributed by atoms with Gasteiger partial charge < -0.3 is 86.1 Å². The number of carbonyl (C=O) groups is 12. The highest BCUT2D eigenvalue weighted by Gasteiger charge is 2.37. The van der Waals surface area contributed by atoms with Crippen molar-refractivity contribution in [3.05, 3.63) is 0 Å². The van der Waals surface area contributed by atoms with Crippen LogP contribution in [0.4, 0.5) is 0 Å². The van der Waals surface area contributed by atoms with Gasteiger partial charge in [0.2, 0.25) is 65.0 Å². The van der Waals surface area contributed by atoms with Crippen molar-refractivity contribution in [3.8, 4) is 0 Å². The van der Waals surface area contributed by atoms with E-state index in [9.17, 15) is 72.9 Å². The summed E-state index contributed by atoms with van der Waals surface area (Å²) in [6, 6.07) is -14.6. The Kier molecular flexibility index (Phi) is 30.7. The van der Waals surface area contributed by atoms with Gasteiger partial charge >= 0.3 is 5.97 Å². The molecule has 0 unspecified atom stereocenters. The molecule has 0 aromatic rings. The largest absolute Gasteiger partial charge is 0.480 e. The van der Waals surface area contributed by atoms with Crippen LogP contribution in [0.2, 0.25) is 0 Å². The molecule has 0 aromatic heterocycles. The van der Waals surface area contributed by atoms with Gasteiger partial charge in [0, 0.05) is 12.2 Å². The number of carboxylic acids is 1. The molecule has 11 atom stereocenters. The first-order valence-electron chi connectivity index (χ1n) is 23.8. The summed E-state index contributed by atoms with van der Waals surface area (Å²) in [5.41, 5.74) is 21.5. The summed E-state index contributed by atoms with van der Waals surface area (Å²) < 4.78 is 0. The van der Waals surface area contributed by atoms with E-state index in [0.717, 1.165) is 6.92 Å². The number of nitrogens with one attached hydrogen (secondary N) is 9. The number of aliphatic hydroxyl groups excluding tert-OH is 2. The first-order valence-corrected chi connectivity index (χ1v) is 24.4. The number of nitrogens with two attached hydrogens (primary N) is 4. The van der Waals surface area contributed by atoms with Crippen LogP contribution in [0.25, 0.3) is 0 Å². The second-order valence-corrected chi connectivity index (χ2v) is 19.0. The van der Waals surface area contributed by atoms with Crippen LogP contribution < -0.4 is 70.8 Å². The van der Waals surface area contributed by atoms with E-state index in [1.807, 2.05) is 0 Å². The van der Waals surface area contributed by atoms with E-state index in [0.29, 0.717) is 19.4 Å². The molecule has 0 aromatic carbocycles. The first kappa shape index (κ1) is 66.8. The molecule has 0 saturated carbocycles. The van der Waals surface area contributed by atoms with Gasteiger partial charge in [0.05, 0.1) is 25.2 Å². The average Bonchev–Trinajstić information content (AvgIpc) is 3.29. The number of hydrogen-bond donors (Lipinski definition) is 17. The minimum absolute atomic E-state index is 0.0540. The maximum atomic E-state index is 13.7. The van der Waals surface area contributed by atoms with Crippen LogP contribution in [0.1, 0.15) is 100 Å². The number of carboxylic acid groups (broad SMARTS) is 1. The first-order chi connectivity index (χ1) is 33.9. The number of aliphatic hydroxyl groups is 2. The number of unbranched alkanes of at least 4 members (excludes halogenated alkanes) is 1. The summed E-state index contributed by atoms with van der Waals surface area (Å²) in [4.78, 5) is 155. The predicted molar refractivity (Wildman–Crippen MR) is 266 cm³/mol. The third-order valence-corrected chi connectivity index (χ3v) is 11.3. The second kappa shape index (κ2) is 33.5. The van der Waals surface area contributed by atoms with Gasteiger partial charge in [-0.05, 0) is 70.3 Å². The van der Waals surface area contributed by atoms with Gasteiger partial charge in [-0.25, -0.2) is 4.79 Å². The van der Waals surface area contributed by atoms with E-state index in [-0.39, 0.29) is 37.4 Å². The maximum Gasteiger partial charge on any atom is 0.326 e. The van der Waals surface area contributed by atoms with Gasteiger partial charge in [0.15, 0.2) is 0 Å². The molecule has 0 bridgehead atoms. The number of rotatable bonds is 35. The van der Waals surface area contributed by atoms with Gasteiger partial charge in [-0.1, -0.05) is 41.5 Å². The van der Waals surface area contributed by atoms with Gasteiger partial charge in [0.1, 0.15) is 54.4 Å². The second-order valence-electron chi connectivity index (χ2n) is 18.6. The number of carbonyl (C=O) groups excluding carboxylic acids is 11. The normalized spacial score (nSPS) is 15.8. The molecule has 0 spiro atoms. The minimum atomic E-state index is -1.76. The number of primary amides is 2. The van der Waals surface area contributed by atoms with Crippen LogP contribution in [0.5, 0.6) is 0 Å². The van der Waals surface area contributed by atoms with E-state index in [1.54, 1.807) is 27.7 Å². The molecule has 0 radical (unpaired) electrons. The Morgan fingerprint density at radius 1 is 0.507 bits per heavy atom. The van der Waals surface area contributed by atoms with Crippen molar-refractivity contribution in [1.29, 1.82) is 0 Å². The topological polar surface area (TPSA) is 478 Å². The summed E-state index contributed by atoms with van der Waals surface area (Å²) in [7, 11) is 0. The van der Waals surface area contributed by atoms with Gasteiger partial charge in [-0.15, -0.1) is 0 Å². The summed E-state index contributed by atoms with van der Waals surface area (Å²) in [6.45, 7) is 11.4. The van der Waals surface area contributed by atoms with Crippen molar-refractivity contribution in [2.24, 2.45) is 40.7 Å². The zero-order chi connectivity index (χ0) is 56.4. The lowest BCUT2D eigenvalue weighted by Crippen LogP contribution is -2.62. The van der Waals surface area contributed by atoms with Crippen LogP contribution >= 0.6 is 12.6 Å². The molecular weight excluding hydrogens is 983 g/mol. The predicted octanol–water partition coefficient (Wildman–Crippen LogP) is -6.29. The van der Waals surface area contributed by atoms with Crippen molar-refractivity contribution in [1.82, 2.24) is 47.9 Å². The lowest BCUT2D eigenvalue weighted by Gasteiger charge is -2.29. The zero-order valence-corrected chi connectivity index (χ0v) is 43.5. The summed E-state index contributed by atoms with van der Waals surface area (Å²) in [6.07, 6.45) is -1.80. The van der Waals surface area contributed by atoms with Crippen molar-refractivity contribution in [2.45, 2.75) is 167 Å². The van der Waals surface area contributed by atoms with Crippen molar-refractivity contribution in [2.75, 3.05) is 18.9 Å². The quantitative estimate of drug-likeness (QED) is 0.0207. The third kappa shape index (κ3) is 24.9. The number of aliphatic carboxylic acids is 1. The average molecular weight is 1060 g/mol. The molecule has 0 aliphatic heterocycles. The van der Waals surface area contributed by atoms with Gasteiger partial charge in [0.25, 0.3) is 0 Å². The number of hydrogen-bond acceptors (Lipinski definition) is 17. The maximum absolute atomic E-state index is 13.7. The third-order valence-electron chi connectivity index (χ3n) is 10.9. The molecular formula is C44H79N13O15S. The zero-order valence-electron chi connectivity index (χ0n) is 42.7. The number of thiol groups is 1. The Balaban J connectivity index is 6.00. The van der Waals surface area contributed by atoms with E-state index < -0.39 is 162 Å². The molecule has 0 aliphatic carbocycles. The fourth-order valence-corrected chi connectivity index (χ4v) is 6.94. The van der Waals surface area contributed by atoms with Crippen molar-refractivity contribution < 1.29 is 72.9 Å². The molecule has 0 saturated heterocycles. The van der Waals surface area contributed by atoms with Crippen molar-refractivity contribution in [3.63, 3.8) is 0 Å². The SMILES string of the molecule is CC(C)C[C@H](NC(=O)[C@H](CS)NC(=O)[C@@H](NC(=O)[C@H](C)NC(=O)[C@H](CO)NC(=O)[C@@H](NC(=O)[C@H](CCC(N)=O)NC(=O)[C@@H](N)CC(N)=O)C(C)C)[C@@H](C)O)C(=O)N[C@H](C(=O)N[C@@H](CCCCN)C(=O)O)C(C)C. The Hall–Kier alpha value is -6.17. The molecule has 0 rings (SSSR count). The molecule has 0 heterocycles. The summed E-state index contributed by atoms with van der Waals surface area (Å²) in [5.74, 6) is -13.5. The molecule has 0 fully saturated rings. The smallest absolute Gasteiger partial charge is 0.326 e. The summed E-state index contributed by atoms with van der Waals surface area (Å²) >= 11 is 4.17. The molecule has 20 N–H and O–H groups in total. The molecule has 28 nitrogen and oxygen atoms in total. The Bertz CT molecular complexity index is 1930. The molecule has 0 aliphatic rings. The lowest BCUT2D eigenvalue weighted by molar-refractivity contribution is -0.143. The molecule has 29 heteroatoms. The van der Waals surface area contributed by atoms with Crippen LogP contribution in [0.15, 0.2) is 0 Å². The van der Waals surface area contributed by atoms with Crippen LogP contribution in [0, 0.1) is 17.8 Å². The van der Waals surface area contributed by atoms with E-state index in [1.165, 1.54) is 20.8 Å². The number of amides is 11. The minimum Gasteiger partial charge on any atom is -0.480 e. The summed E-state index contributed by atoms with van der Waals surface area (Å²) in [5, 5.41) is 51.7. The molecule has 416 valence electrons. The van der Waals surface area contributed by atoms with Gasteiger partial charge in [-0.3, -0.25) is 52.7 Å². The van der Waals surface area contributed by atoms with E-state index >= 15 is 0 Å². The molecule has 73 heavy (non-hydrogen) atoms. The monoisotopic (exact) mass is 1060 g/mol. The highest BCUT2D eigenvalue weighted by molar-refractivity contribution is 7.80. The fourth-order valence-electron chi connectivity index (χ4n) is 6.68. The Morgan fingerprint density at radius 3 is 1.38 bits per heavy atom. The fraction of sp³-hybridized carbons (Fsp3) is 0.727. The lowest BCUT2D eigenvalue weighted by atomic mass is 9.99. The van der Waals surface area contributed by atoms with E-state index in [4.69, 9.17) is 22.9 Å². The Morgan fingerprint density at radius 2 is 0.945 bits per heavy atom. The van der Waals surface area contributed by atoms with Crippen molar-refractivity contribution >= 4 is 83.6 Å².